The highest BCUT2D eigenvalue weighted by atomic mass is 32.1. The molecule has 0 aromatic carbocycles. The van der Waals surface area contributed by atoms with Gasteiger partial charge in [0.05, 0.1) is 12.2 Å². The zero-order valence-corrected chi connectivity index (χ0v) is 12.7. The number of aromatic nitrogens is 1. The van der Waals surface area contributed by atoms with Crippen LogP contribution < -0.4 is 16.8 Å². The molecule has 1 aliphatic carbocycles. The van der Waals surface area contributed by atoms with Crippen molar-refractivity contribution >= 4 is 28.5 Å². The highest BCUT2D eigenvalue weighted by Crippen LogP contribution is 2.30. The summed E-state index contributed by atoms with van der Waals surface area (Å²) >= 11 is 1.45. The van der Waals surface area contributed by atoms with E-state index in [0.717, 1.165) is 29.8 Å². The van der Waals surface area contributed by atoms with Crippen LogP contribution in [0.4, 0.5) is 9.93 Å². The van der Waals surface area contributed by atoms with Gasteiger partial charge in [0, 0.05) is 23.9 Å². The zero-order valence-electron chi connectivity index (χ0n) is 11.8. The second-order valence-electron chi connectivity index (χ2n) is 5.51. The molecular weight excluding hydrogens is 288 g/mol. The fourth-order valence-electron chi connectivity index (χ4n) is 2.85. The van der Waals surface area contributed by atoms with Crippen LogP contribution in [0.25, 0.3) is 0 Å². The van der Waals surface area contributed by atoms with Gasteiger partial charge in [-0.25, -0.2) is 9.78 Å². The van der Waals surface area contributed by atoms with Gasteiger partial charge in [0.1, 0.15) is 0 Å². The summed E-state index contributed by atoms with van der Waals surface area (Å²) in [7, 11) is 0. The number of carbonyl (C=O) groups is 1. The minimum absolute atomic E-state index is 0.0110. The van der Waals surface area contributed by atoms with Crippen LogP contribution in [0, 0.1) is 0 Å². The van der Waals surface area contributed by atoms with Gasteiger partial charge >= 0.3 is 6.03 Å². The molecule has 114 valence electrons. The van der Waals surface area contributed by atoms with Gasteiger partial charge < -0.3 is 21.7 Å². The van der Waals surface area contributed by atoms with Gasteiger partial charge in [0.15, 0.2) is 5.96 Å². The highest BCUT2D eigenvalue weighted by Gasteiger charge is 2.26. The summed E-state index contributed by atoms with van der Waals surface area (Å²) in [5.41, 5.74) is 11.7. The number of fused-ring (bicyclic) bond motifs is 1. The monoisotopic (exact) mass is 308 g/mol. The maximum absolute atomic E-state index is 12.3. The number of guanidine groups is 1. The topological polar surface area (TPSA) is 110 Å². The minimum atomic E-state index is 0.0110. The molecule has 7 nitrogen and oxygen atoms in total. The Morgan fingerprint density at radius 1 is 1.38 bits per heavy atom. The zero-order chi connectivity index (χ0) is 14.8. The Bertz CT molecular complexity index is 559. The summed E-state index contributed by atoms with van der Waals surface area (Å²) in [5, 5.41) is 3.69. The lowest BCUT2D eigenvalue weighted by Gasteiger charge is -2.27. The Labute approximate surface area is 127 Å². The van der Waals surface area contributed by atoms with Crippen LogP contribution in [-0.2, 0) is 13.0 Å². The Kier molecular flexibility index (Phi) is 3.96. The molecule has 1 aromatic rings. The first kappa shape index (κ1) is 14.1. The average molecular weight is 308 g/mol. The van der Waals surface area contributed by atoms with Gasteiger partial charge in [-0.3, -0.25) is 0 Å². The molecule has 0 radical (unpaired) electrons. The van der Waals surface area contributed by atoms with Crippen molar-refractivity contribution in [1.29, 1.82) is 0 Å². The molecule has 0 bridgehead atoms. The number of nitrogens with two attached hydrogens (primary N) is 2. The van der Waals surface area contributed by atoms with Gasteiger partial charge in [0.25, 0.3) is 0 Å². The standard InChI is InChI=1S/C13H20N6OS/c14-11(15)18-12-17-9-5-6-19(7-10(9)21-12)13(20)16-8-3-1-2-4-8/h8H,1-7H2,(H,16,20)(H4,14,15,17,18). The molecule has 1 saturated carbocycles. The Hall–Kier alpha value is -1.83. The van der Waals surface area contributed by atoms with Crippen molar-refractivity contribution in [2.24, 2.45) is 16.5 Å². The number of amides is 2. The normalized spacial score (nSPS) is 18.4. The number of aliphatic imine (C=N–C) groups is 1. The lowest BCUT2D eigenvalue weighted by atomic mass is 10.2. The van der Waals surface area contributed by atoms with Gasteiger partial charge in [0.2, 0.25) is 5.13 Å². The third kappa shape index (κ3) is 3.26. The number of hydrogen-bond donors (Lipinski definition) is 3. The summed E-state index contributed by atoms with van der Waals surface area (Å²) in [5.74, 6) is 0.0110. The van der Waals surface area contributed by atoms with E-state index in [1.807, 2.05) is 4.90 Å². The van der Waals surface area contributed by atoms with Crippen molar-refractivity contribution < 1.29 is 4.79 Å². The second kappa shape index (κ2) is 5.88. The van der Waals surface area contributed by atoms with Crippen LogP contribution in [-0.4, -0.2) is 34.5 Å². The van der Waals surface area contributed by atoms with E-state index in [1.54, 1.807) is 0 Å². The van der Waals surface area contributed by atoms with Crippen molar-refractivity contribution in [1.82, 2.24) is 15.2 Å². The van der Waals surface area contributed by atoms with Crippen LogP contribution in [0.3, 0.4) is 0 Å². The molecular formula is C13H20N6OS. The maximum Gasteiger partial charge on any atom is 0.317 e. The van der Waals surface area contributed by atoms with Crippen molar-refractivity contribution in [2.75, 3.05) is 6.54 Å². The smallest absolute Gasteiger partial charge is 0.317 e. The minimum Gasteiger partial charge on any atom is -0.370 e. The predicted molar refractivity (Wildman–Crippen MR) is 82.5 cm³/mol. The van der Waals surface area contributed by atoms with Crippen LogP contribution in [0.5, 0.6) is 0 Å². The maximum atomic E-state index is 12.3. The SMILES string of the molecule is NC(N)=Nc1nc2c(s1)CN(C(=O)NC1CCCC1)CC2. The molecule has 2 aliphatic rings. The van der Waals surface area contributed by atoms with E-state index in [0.29, 0.717) is 24.3 Å². The fraction of sp³-hybridized carbons (Fsp3) is 0.615. The number of nitrogens with one attached hydrogen (secondary N) is 1. The van der Waals surface area contributed by atoms with Gasteiger partial charge in [-0.2, -0.15) is 4.99 Å². The first-order valence-corrected chi connectivity index (χ1v) is 8.07. The third-order valence-electron chi connectivity index (χ3n) is 3.91. The summed E-state index contributed by atoms with van der Waals surface area (Å²) < 4.78 is 0. The predicted octanol–water partition coefficient (Wildman–Crippen LogP) is 1.06. The van der Waals surface area contributed by atoms with Crippen LogP contribution in [0.1, 0.15) is 36.3 Å². The molecule has 0 spiro atoms. The van der Waals surface area contributed by atoms with Crippen molar-refractivity contribution in [3.8, 4) is 0 Å². The molecule has 21 heavy (non-hydrogen) atoms. The van der Waals surface area contributed by atoms with E-state index in [2.05, 4.69) is 15.3 Å². The lowest BCUT2D eigenvalue weighted by molar-refractivity contribution is 0.189. The highest BCUT2D eigenvalue weighted by molar-refractivity contribution is 7.15. The van der Waals surface area contributed by atoms with E-state index in [1.165, 1.54) is 24.2 Å². The molecule has 1 aromatic heterocycles. The van der Waals surface area contributed by atoms with Gasteiger partial charge in [-0.05, 0) is 12.8 Å². The Morgan fingerprint density at radius 2 is 2.14 bits per heavy atom. The molecule has 2 amide bonds. The third-order valence-corrected chi connectivity index (χ3v) is 4.89. The molecule has 0 saturated heterocycles. The number of hydrogen-bond acceptors (Lipinski definition) is 4. The van der Waals surface area contributed by atoms with Gasteiger partial charge in [-0.1, -0.05) is 24.2 Å². The number of rotatable bonds is 2. The first-order chi connectivity index (χ1) is 10.1. The first-order valence-electron chi connectivity index (χ1n) is 7.25. The molecule has 3 rings (SSSR count). The quantitative estimate of drug-likeness (QED) is 0.560. The summed E-state index contributed by atoms with van der Waals surface area (Å²) in [4.78, 5) is 23.6. The Morgan fingerprint density at radius 3 is 2.86 bits per heavy atom. The molecule has 5 N–H and O–H groups in total. The molecule has 0 atom stereocenters. The van der Waals surface area contributed by atoms with E-state index in [9.17, 15) is 4.79 Å². The summed E-state index contributed by atoms with van der Waals surface area (Å²) in [6.45, 7) is 1.28. The summed E-state index contributed by atoms with van der Waals surface area (Å²) in [6.07, 6.45) is 5.38. The number of carbonyl (C=O) groups excluding carboxylic acids is 1. The molecule has 1 aliphatic heterocycles. The van der Waals surface area contributed by atoms with Crippen LogP contribution in [0.15, 0.2) is 4.99 Å². The molecule has 1 fully saturated rings. The second-order valence-corrected chi connectivity index (χ2v) is 6.57. The average Bonchev–Trinajstić information content (AvgIpc) is 3.05. The number of urea groups is 1. The van der Waals surface area contributed by atoms with Gasteiger partial charge in [-0.15, -0.1) is 0 Å². The van der Waals surface area contributed by atoms with Crippen molar-refractivity contribution in [2.45, 2.75) is 44.7 Å². The lowest BCUT2D eigenvalue weighted by Crippen LogP contribution is -2.45. The van der Waals surface area contributed by atoms with Crippen LogP contribution >= 0.6 is 11.3 Å². The largest absolute Gasteiger partial charge is 0.370 e. The van der Waals surface area contributed by atoms with E-state index >= 15 is 0 Å². The summed E-state index contributed by atoms with van der Waals surface area (Å²) in [6, 6.07) is 0.377. The van der Waals surface area contributed by atoms with Crippen molar-refractivity contribution in [3.05, 3.63) is 10.6 Å². The molecule has 2 heterocycles. The molecule has 0 unspecified atom stereocenters. The van der Waals surface area contributed by atoms with Crippen LogP contribution in [0.2, 0.25) is 0 Å². The number of thiazole rings is 1. The fourth-order valence-corrected chi connectivity index (χ4v) is 3.86. The van der Waals surface area contributed by atoms with E-state index < -0.39 is 0 Å². The van der Waals surface area contributed by atoms with E-state index in [-0.39, 0.29) is 12.0 Å². The Balaban J connectivity index is 1.64. The number of nitrogens with zero attached hydrogens (tertiary/aromatic N) is 3. The molecule has 8 heteroatoms. The van der Waals surface area contributed by atoms with E-state index in [4.69, 9.17) is 11.5 Å². The van der Waals surface area contributed by atoms with Crippen molar-refractivity contribution in [3.63, 3.8) is 0 Å².